The Bertz CT molecular complexity index is 302. The molecular formula is C13H21BrN2. The summed E-state index contributed by atoms with van der Waals surface area (Å²) in [6.07, 6.45) is 6.21. The van der Waals surface area contributed by atoms with Crippen molar-refractivity contribution in [3.05, 3.63) is 22.8 Å². The van der Waals surface area contributed by atoms with Gasteiger partial charge in [0.15, 0.2) is 0 Å². The van der Waals surface area contributed by atoms with Crippen molar-refractivity contribution in [1.82, 2.24) is 4.98 Å². The number of nitrogens with zero attached hydrogens (tertiary/aromatic N) is 1. The van der Waals surface area contributed by atoms with Gasteiger partial charge in [0.05, 0.1) is 0 Å². The van der Waals surface area contributed by atoms with Gasteiger partial charge in [0.1, 0.15) is 10.4 Å². The molecule has 0 aliphatic rings. The van der Waals surface area contributed by atoms with E-state index in [-0.39, 0.29) is 0 Å². The highest BCUT2D eigenvalue weighted by Gasteiger charge is 2.07. The summed E-state index contributed by atoms with van der Waals surface area (Å²) in [7, 11) is 0. The Kier molecular flexibility index (Phi) is 6.46. The zero-order valence-electron chi connectivity index (χ0n) is 10.2. The summed E-state index contributed by atoms with van der Waals surface area (Å²) in [5.41, 5.74) is 0. The van der Waals surface area contributed by atoms with E-state index >= 15 is 0 Å². The molecule has 0 saturated carbocycles. The van der Waals surface area contributed by atoms with Gasteiger partial charge >= 0.3 is 0 Å². The van der Waals surface area contributed by atoms with E-state index in [1.807, 2.05) is 18.2 Å². The number of anilines is 1. The second kappa shape index (κ2) is 7.66. The molecule has 1 aromatic rings. The van der Waals surface area contributed by atoms with Crippen molar-refractivity contribution in [3.63, 3.8) is 0 Å². The fourth-order valence-corrected chi connectivity index (χ4v) is 2.13. The van der Waals surface area contributed by atoms with Crippen molar-refractivity contribution in [2.45, 2.75) is 52.0 Å². The smallest absolute Gasteiger partial charge is 0.127 e. The van der Waals surface area contributed by atoms with Crippen molar-refractivity contribution in [2.24, 2.45) is 0 Å². The second-order valence-electron chi connectivity index (χ2n) is 4.12. The maximum absolute atomic E-state index is 4.41. The predicted octanol–water partition coefficient (Wildman–Crippen LogP) is 4.61. The van der Waals surface area contributed by atoms with Crippen LogP contribution >= 0.6 is 15.9 Å². The Labute approximate surface area is 107 Å². The van der Waals surface area contributed by atoms with Crippen LogP contribution in [0.1, 0.15) is 46.0 Å². The molecule has 1 rings (SSSR count). The number of unbranched alkanes of at least 4 members (excludes halogenated alkanes) is 1. The van der Waals surface area contributed by atoms with Gasteiger partial charge in [-0.3, -0.25) is 0 Å². The Balaban J connectivity index is 2.52. The Hall–Kier alpha value is -0.570. The van der Waals surface area contributed by atoms with E-state index in [2.05, 4.69) is 40.1 Å². The van der Waals surface area contributed by atoms with Crippen LogP contribution in [0.4, 0.5) is 5.82 Å². The summed E-state index contributed by atoms with van der Waals surface area (Å²) in [5.74, 6) is 0.976. The van der Waals surface area contributed by atoms with Crippen LogP contribution in [0.3, 0.4) is 0 Å². The molecule has 1 unspecified atom stereocenters. The SMILES string of the molecule is CCCCC(CCC)Nc1cccc(Br)n1. The van der Waals surface area contributed by atoms with Gasteiger partial charge in [-0.05, 0) is 40.9 Å². The molecule has 0 aliphatic heterocycles. The lowest BCUT2D eigenvalue weighted by Crippen LogP contribution is -2.19. The van der Waals surface area contributed by atoms with Crippen LogP contribution in [-0.2, 0) is 0 Å². The van der Waals surface area contributed by atoms with E-state index in [4.69, 9.17) is 0 Å². The highest BCUT2D eigenvalue weighted by molar-refractivity contribution is 9.10. The molecule has 0 saturated heterocycles. The van der Waals surface area contributed by atoms with Gasteiger partial charge in [-0.2, -0.15) is 0 Å². The molecule has 0 amide bonds. The molecule has 16 heavy (non-hydrogen) atoms. The Morgan fingerprint density at radius 1 is 1.25 bits per heavy atom. The van der Waals surface area contributed by atoms with Gasteiger partial charge in [0.2, 0.25) is 0 Å². The minimum atomic E-state index is 0.562. The molecule has 3 heteroatoms. The maximum Gasteiger partial charge on any atom is 0.127 e. The van der Waals surface area contributed by atoms with E-state index < -0.39 is 0 Å². The number of rotatable bonds is 7. The fourth-order valence-electron chi connectivity index (χ4n) is 1.79. The lowest BCUT2D eigenvalue weighted by Gasteiger charge is -2.18. The quantitative estimate of drug-likeness (QED) is 0.740. The van der Waals surface area contributed by atoms with Gasteiger partial charge in [-0.25, -0.2) is 4.98 Å². The highest BCUT2D eigenvalue weighted by Crippen LogP contribution is 2.15. The molecule has 0 aromatic carbocycles. The van der Waals surface area contributed by atoms with Crippen molar-refractivity contribution in [1.29, 1.82) is 0 Å². The van der Waals surface area contributed by atoms with Crippen LogP contribution in [0.2, 0.25) is 0 Å². The van der Waals surface area contributed by atoms with Crippen LogP contribution in [-0.4, -0.2) is 11.0 Å². The minimum Gasteiger partial charge on any atom is -0.367 e. The van der Waals surface area contributed by atoms with Crippen molar-refractivity contribution in [3.8, 4) is 0 Å². The average molecular weight is 285 g/mol. The number of aromatic nitrogens is 1. The summed E-state index contributed by atoms with van der Waals surface area (Å²) in [5, 5.41) is 3.51. The van der Waals surface area contributed by atoms with Crippen molar-refractivity contribution in [2.75, 3.05) is 5.32 Å². The third kappa shape index (κ3) is 4.97. The Morgan fingerprint density at radius 2 is 2.06 bits per heavy atom. The summed E-state index contributed by atoms with van der Waals surface area (Å²) >= 11 is 3.39. The maximum atomic E-state index is 4.41. The lowest BCUT2D eigenvalue weighted by atomic mass is 10.1. The van der Waals surface area contributed by atoms with Crippen molar-refractivity contribution < 1.29 is 0 Å². The molecule has 0 fully saturated rings. The van der Waals surface area contributed by atoms with E-state index in [1.165, 1.54) is 32.1 Å². The number of hydrogen-bond donors (Lipinski definition) is 1. The summed E-state index contributed by atoms with van der Waals surface area (Å²) < 4.78 is 0.892. The second-order valence-corrected chi connectivity index (χ2v) is 4.93. The normalized spacial score (nSPS) is 12.4. The first kappa shape index (κ1) is 13.5. The fraction of sp³-hybridized carbons (Fsp3) is 0.615. The summed E-state index contributed by atoms with van der Waals surface area (Å²) in [6, 6.07) is 6.56. The zero-order valence-corrected chi connectivity index (χ0v) is 11.8. The standard InChI is InChI=1S/C13H21BrN2/c1-3-5-8-11(7-4-2)15-13-10-6-9-12(14)16-13/h6,9-11H,3-5,7-8H2,1-2H3,(H,15,16). The molecule has 0 spiro atoms. The minimum absolute atomic E-state index is 0.562. The van der Waals surface area contributed by atoms with Gasteiger partial charge in [-0.1, -0.05) is 39.2 Å². The van der Waals surface area contributed by atoms with Gasteiger partial charge in [0.25, 0.3) is 0 Å². The first-order valence-electron chi connectivity index (χ1n) is 6.15. The van der Waals surface area contributed by atoms with Crippen LogP contribution in [0.25, 0.3) is 0 Å². The van der Waals surface area contributed by atoms with Crippen LogP contribution < -0.4 is 5.32 Å². The van der Waals surface area contributed by atoms with Gasteiger partial charge < -0.3 is 5.32 Å². The van der Waals surface area contributed by atoms with E-state index in [0.717, 1.165) is 10.4 Å². The van der Waals surface area contributed by atoms with Crippen LogP contribution in [0.5, 0.6) is 0 Å². The highest BCUT2D eigenvalue weighted by atomic mass is 79.9. The van der Waals surface area contributed by atoms with E-state index in [9.17, 15) is 0 Å². The number of halogens is 1. The molecule has 1 atom stereocenters. The molecule has 0 radical (unpaired) electrons. The van der Waals surface area contributed by atoms with Crippen LogP contribution in [0, 0.1) is 0 Å². The molecule has 1 N–H and O–H groups in total. The summed E-state index contributed by atoms with van der Waals surface area (Å²) in [4.78, 5) is 4.41. The zero-order chi connectivity index (χ0) is 11.8. The summed E-state index contributed by atoms with van der Waals surface area (Å²) in [6.45, 7) is 4.47. The van der Waals surface area contributed by atoms with Crippen molar-refractivity contribution >= 4 is 21.7 Å². The molecule has 0 aliphatic carbocycles. The first-order chi connectivity index (χ1) is 7.76. The van der Waals surface area contributed by atoms with Gasteiger partial charge in [-0.15, -0.1) is 0 Å². The molecule has 1 aromatic heterocycles. The molecule has 2 nitrogen and oxygen atoms in total. The molecular weight excluding hydrogens is 264 g/mol. The number of pyridine rings is 1. The van der Waals surface area contributed by atoms with Crippen LogP contribution in [0.15, 0.2) is 22.8 Å². The topological polar surface area (TPSA) is 24.9 Å². The lowest BCUT2D eigenvalue weighted by molar-refractivity contribution is 0.563. The first-order valence-corrected chi connectivity index (χ1v) is 6.94. The third-order valence-electron chi connectivity index (χ3n) is 2.61. The van der Waals surface area contributed by atoms with Gasteiger partial charge in [0, 0.05) is 6.04 Å². The number of nitrogens with one attached hydrogen (secondary N) is 1. The molecule has 90 valence electrons. The predicted molar refractivity (Wildman–Crippen MR) is 73.8 cm³/mol. The monoisotopic (exact) mass is 284 g/mol. The van der Waals surface area contributed by atoms with E-state index in [1.54, 1.807) is 0 Å². The number of hydrogen-bond acceptors (Lipinski definition) is 2. The van der Waals surface area contributed by atoms with E-state index in [0.29, 0.717) is 6.04 Å². The molecule has 0 bridgehead atoms. The Morgan fingerprint density at radius 3 is 2.69 bits per heavy atom. The molecule has 1 heterocycles. The largest absolute Gasteiger partial charge is 0.367 e. The third-order valence-corrected chi connectivity index (χ3v) is 3.05. The average Bonchev–Trinajstić information content (AvgIpc) is 2.26.